The number of esters is 1. The number of aliphatic hydroxyl groups is 3. The number of fused-ring (bicyclic) bond motifs is 6. The minimum Gasteiger partial charge on any atom is -0.495 e. The predicted octanol–water partition coefficient (Wildman–Crippen LogP) is 8.37. The van der Waals surface area contributed by atoms with Crippen LogP contribution >= 0.6 is 35.0 Å². The van der Waals surface area contributed by atoms with Crippen molar-refractivity contribution in [1.82, 2.24) is 40.7 Å². The number of carbonyl (C=O) groups excluding carboxylic acids is 6. The average Bonchev–Trinajstić information content (AvgIpc) is 1.56. The molecule has 6 aliphatic rings. The number of anilines is 3. The predicted molar refractivity (Wildman–Crippen MR) is 414 cm³/mol. The van der Waals surface area contributed by atoms with E-state index in [1.165, 1.54) is 59.7 Å². The van der Waals surface area contributed by atoms with Crippen molar-refractivity contribution in [1.29, 1.82) is 0 Å². The Labute approximate surface area is 644 Å². The molecule has 3 aromatic carbocycles. The van der Waals surface area contributed by atoms with Crippen LogP contribution in [0.2, 0.25) is 10.0 Å². The van der Waals surface area contributed by atoms with Crippen molar-refractivity contribution in [2.24, 2.45) is 29.2 Å². The molecule has 0 radical (unpaired) electrons. The molecule has 586 valence electrons. The molecule has 11 rings (SSSR count). The first-order valence-electron chi connectivity index (χ1n) is 37.5. The number of unbranched alkanes of at least 4 members (excludes halogenated alkanes) is 1. The quantitative estimate of drug-likeness (QED) is 0.0157. The Kier molecular flexibility index (Phi) is 26.9. The van der Waals surface area contributed by atoms with Gasteiger partial charge in [0.2, 0.25) is 35.9 Å². The number of amides is 5. The van der Waals surface area contributed by atoms with Gasteiger partial charge in [0, 0.05) is 119 Å². The molecule has 7 unspecified atom stereocenters. The summed E-state index contributed by atoms with van der Waals surface area (Å²) >= 11 is 14.5. The number of ether oxygens (including phenoxy) is 4. The third-order valence-electron chi connectivity index (χ3n) is 22.1. The molecule has 1 aliphatic carbocycles. The number of epoxide rings is 1. The summed E-state index contributed by atoms with van der Waals surface area (Å²) in [7, 11) is 4.53. The molecule has 108 heavy (non-hydrogen) atoms. The van der Waals surface area contributed by atoms with Crippen molar-refractivity contribution in [3.63, 3.8) is 0 Å². The summed E-state index contributed by atoms with van der Waals surface area (Å²) < 4.78 is 39.2. The Balaban J connectivity index is 0.605. The van der Waals surface area contributed by atoms with Crippen molar-refractivity contribution in [2.45, 2.75) is 197 Å². The molecule has 1 saturated carbocycles. The number of hydrogen-bond acceptors (Lipinski definition) is 21. The zero-order valence-electron chi connectivity index (χ0n) is 62.7. The maximum absolute atomic E-state index is 15.0. The number of H-pyrrole nitrogens is 1. The first kappa shape index (κ1) is 81.5. The molecule has 12 N–H and O–H groups in total. The molecular weight excluding hydrogens is 1450 g/mol. The molecule has 11 atom stereocenters. The van der Waals surface area contributed by atoms with Gasteiger partial charge in [-0.15, -0.1) is 11.8 Å². The molecule has 5 aliphatic heterocycles. The van der Waals surface area contributed by atoms with E-state index in [0.29, 0.717) is 129 Å². The topological polar surface area (TPSA) is 358 Å². The van der Waals surface area contributed by atoms with Gasteiger partial charge in [-0.05, 0) is 157 Å². The van der Waals surface area contributed by atoms with Crippen molar-refractivity contribution >= 4 is 98.7 Å². The number of methoxy groups -OCH3 is 1. The van der Waals surface area contributed by atoms with Crippen molar-refractivity contribution in [2.75, 3.05) is 81.3 Å². The number of nitrogens with one attached hydrogen (secondary N) is 5. The normalized spacial score (nSPS) is 27.1. The van der Waals surface area contributed by atoms with Crippen LogP contribution in [0, 0.1) is 30.5 Å². The number of pyridine rings is 1. The number of nitrogens with two attached hydrogens (primary N) is 2. The van der Waals surface area contributed by atoms with E-state index >= 15 is 4.39 Å². The molecular formula is C78H104Cl2FN13O13S. The van der Waals surface area contributed by atoms with Crippen molar-refractivity contribution in [3.05, 3.63) is 106 Å². The van der Waals surface area contributed by atoms with Crippen LogP contribution in [0.3, 0.4) is 0 Å². The molecule has 5 aromatic rings. The van der Waals surface area contributed by atoms with Crippen LogP contribution in [0.1, 0.15) is 129 Å². The third kappa shape index (κ3) is 19.6. The second-order valence-electron chi connectivity index (χ2n) is 30.2. The van der Waals surface area contributed by atoms with Crippen molar-refractivity contribution in [3.8, 4) is 28.3 Å². The summed E-state index contributed by atoms with van der Waals surface area (Å²) in [6.45, 7) is 11.5. The lowest BCUT2D eigenvalue weighted by Crippen LogP contribution is -2.60. The maximum atomic E-state index is 15.0. The first-order chi connectivity index (χ1) is 51.5. The number of halogens is 3. The van der Waals surface area contributed by atoms with E-state index in [9.17, 15) is 44.1 Å². The zero-order valence-corrected chi connectivity index (χ0v) is 65.0. The number of aliphatic hydroxyl groups excluding tert-OH is 2. The van der Waals surface area contributed by atoms with Gasteiger partial charge in [0.1, 0.15) is 57.9 Å². The molecule has 5 fully saturated rings. The van der Waals surface area contributed by atoms with Crippen LogP contribution in [-0.2, 0) is 49.4 Å². The number of aromatic amines is 1. The van der Waals surface area contributed by atoms with Crippen LogP contribution in [-0.4, -0.2) is 207 Å². The number of allylic oxidation sites excluding steroid dienone is 3. The van der Waals surface area contributed by atoms with Crippen LogP contribution in [0.15, 0.2) is 78.5 Å². The first-order valence-corrected chi connectivity index (χ1v) is 39.3. The molecule has 30 heteroatoms. The van der Waals surface area contributed by atoms with Gasteiger partial charge in [0.25, 0.3) is 0 Å². The standard InChI is InChI=1S/C78H104Cl2FN13O13S/c1-43-13-9-11-24-78(103)40-60(105-76(102)90-78)45(3)69-77(5,107-69)62(39-64(96)92(7)58-34-48(31-43)35-59(104-8)67(58)80)106-75(101)46(4)91(6)63(95)23-30-108-61-38-65(97)94(74(61)100)42-47-15-17-49(18-16-47)72(98)85-25-12-10-14-55(83)73(99)86-27-26-84-70-66(71-88-56-20-19-51(79)37-57(56)89-71)68(93-28-21-53(82)22-29-93)54(41-87-70)50-32-44(2)33-52(81)36-50/h9,11,13,19-20,32-37,41,45-47,49,53,55,60-62,65,69,76,90,97,102-103H,10,12,14-18,21-31,38-40,42,82-83H2,1-8H3,(H,84,87)(H,85,98)(H,86,99)(H,88,89)/b11-9+,43-13+/t45?,46?,47?,49?,55-,60?,61-,62-,65?,69?,76?,77?,78+/m0/s1. The minimum atomic E-state index is -1.54. The van der Waals surface area contributed by atoms with Crippen LogP contribution in [0.4, 0.5) is 21.6 Å². The van der Waals surface area contributed by atoms with Gasteiger partial charge >= 0.3 is 5.97 Å². The van der Waals surface area contributed by atoms with Gasteiger partial charge in [0.15, 0.2) is 0 Å². The highest BCUT2D eigenvalue weighted by molar-refractivity contribution is 8.00. The summed E-state index contributed by atoms with van der Waals surface area (Å²) in [6.07, 6.45) is 8.45. The van der Waals surface area contributed by atoms with E-state index in [-0.39, 0.29) is 90.8 Å². The summed E-state index contributed by atoms with van der Waals surface area (Å²) in [5.41, 5.74) is 17.2. The van der Waals surface area contributed by atoms with E-state index < -0.39 is 83.3 Å². The lowest BCUT2D eigenvalue weighted by atomic mass is 9.81. The number of aryl methyl sites for hydroxylation is 1. The second-order valence-corrected chi connectivity index (χ2v) is 32.3. The fourth-order valence-electron chi connectivity index (χ4n) is 15.5. The van der Waals surface area contributed by atoms with Gasteiger partial charge in [-0.1, -0.05) is 60.0 Å². The smallest absolute Gasteiger partial charge is 0.328 e. The molecule has 7 heterocycles. The van der Waals surface area contributed by atoms with Gasteiger partial charge in [-0.2, -0.15) is 0 Å². The highest BCUT2D eigenvalue weighted by Gasteiger charge is 2.64. The Hall–Kier alpha value is -7.48. The summed E-state index contributed by atoms with van der Waals surface area (Å²) in [5.74, 6) is -1.57. The number of piperidine rings is 1. The Morgan fingerprint density at radius 2 is 1.75 bits per heavy atom. The van der Waals surface area contributed by atoms with Gasteiger partial charge in [-0.3, -0.25) is 24.0 Å². The van der Waals surface area contributed by atoms with Gasteiger partial charge in [-0.25, -0.2) is 24.5 Å². The Morgan fingerprint density at radius 3 is 2.49 bits per heavy atom. The van der Waals surface area contributed by atoms with Gasteiger partial charge in [0.05, 0.1) is 65.0 Å². The van der Waals surface area contributed by atoms with E-state index in [1.54, 1.807) is 44.4 Å². The average molecular weight is 1550 g/mol. The third-order valence-corrected chi connectivity index (χ3v) is 24.0. The largest absolute Gasteiger partial charge is 0.495 e. The lowest BCUT2D eigenvalue weighted by Gasteiger charge is -2.42. The summed E-state index contributed by atoms with van der Waals surface area (Å²) in [6, 6.07) is 12.1. The Bertz CT molecular complexity index is 4140. The number of nitrogens with zero attached hydrogens (tertiary/aromatic N) is 6. The van der Waals surface area contributed by atoms with E-state index in [0.717, 1.165) is 46.3 Å². The zero-order chi connectivity index (χ0) is 77.5. The number of thioether (sulfide) groups is 1. The highest BCUT2D eigenvalue weighted by atomic mass is 35.5. The van der Waals surface area contributed by atoms with Crippen LogP contribution in [0.5, 0.6) is 5.75 Å². The number of aromatic nitrogens is 3. The molecule has 26 nitrogen and oxygen atoms in total. The molecule has 2 aromatic heterocycles. The van der Waals surface area contributed by atoms with Crippen molar-refractivity contribution < 1.29 is 67.4 Å². The number of imidazole rings is 1. The molecule has 4 saturated heterocycles. The number of likely N-dealkylation sites (tertiary alicyclic amines) is 1. The minimum absolute atomic E-state index is 0.0360. The summed E-state index contributed by atoms with van der Waals surface area (Å²) in [5, 5.41) is 46.0. The van der Waals surface area contributed by atoms with E-state index in [4.69, 9.17) is 63.6 Å². The summed E-state index contributed by atoms with van der Waals surface area (Å²) in [4.78, 5) is 103. The van der Waals surface area contributed by atoms with E-state index in [2.05, 4.69) is 31.2 Å². The molecule has 4 bridgehead atoms. The molecule has 5 amide bonds. The number of carbonyl (C=O) groups is 6. The maximum Gasteiger partial charge on any atom is 0.328 e. The monoisotopic (exact) mass is 1550 g/mol. The number of rotatable bonds is 24. The SMILES string of the molecule is COc1cc2cc(c1Cl)N(C)C(=O)C[C@H](OC(=O)C(C)N(C)C(=O)CCS[C@H]1CC(O)N(CC3CCC(C(=O)NCCCC[C@H](N)C(=O)NCCNc4ncc(-c5cc(C)cc(F)c5)c(N5CCC(N)CC5)c4-c4nc5ccc(Cl)cc5[nH]4)CC3)C1=O)C1(C)OC1C(C)C1C[C@](O)(C/C=C/C=C(\C)C2)NC(O)O1. The number of likely N-dealkylation sites (N-methyl/N-ethyl adjacent to an activating group) is 1. The second kappa shape index (κ2) is 35.7. The Morgan fingerprint density at radius 1 is 0.991 bits per heavy atom. The van der Waals surface area contributed by atoms with Crippen LogP contribution in [0.25, 0.3) is 33.5 Å². The van der Waals surface area contributed by atoms with Crippen LogP contribution < -0.4 is 47.3 Å². The fourth-order valence-corrected chi connectivity index (χ4v) is 17.1. The number of benzene rings is 3. The molecule has 0 spiro atoms. The van der Waals surface area contributed by atoms with E-state index in [1.807, 2.05) is 51.1 Å². The lowest BCUT2D eigenvalue weighted by molar-refractivity contribution is -0.252. The number of hydrogen-bond donors (Lipinski definition) is 10. The highest BCUT2D eigenvalue weighted by Crippen LogP contribution is 2.50. The fraction of sp³-hybridized carbons (Fsp3) is 0.564. The van der Waals surface area contributed by atoms with Gasteiger partial charge < -0.3 is 86.3 Å².